The molecule has 5 aromatic carbocycles. The minimum Gasteiger partial charge on any atom is -0.0613 e. The Balaban J connectivity index is 1.92. The Hall–Kier alpha value is -2.86. The fourth-order valence-corrected chi connectivity index (χ4v) is 6.37. The van der Waals surface area contributed by atoms with Crippen LogP contribution < -0.4 is 0 Å². The summed E-state index contributed by atoms with van der Waals surface area (Å²) in [5.74, 6) is 0. The van der Waals surface area contributed by atoms with E-state index in [4.69, 9.17) is 0 Å². The molecule has 0 amide bonds. The lowest BCUT2D eigenvalue weighted by Crippen LogP contribution is -2.21. The Kier molecular flexibility index (Phi) is 5.85. The molecule has 0 spiro atoms. The summed E-state index contributed by atoms with van der Waals surface area (Å²) in [6.45, 7) is 28.1. The molecule has 0 aromatic heterocycles. The molecule has 0 heteroatoms. The summed E-state index contributed by atoms with van der Waals surface area (Å²) < 4.78 is 0. The minimum atomic E-state index is 0.0185. The van der Waals surface area contributed by atoms with Crippen LogP contribution in [0.15, 0.2) is 60.7 Å². The second kappa shape index (κ2) is 8.32. The molecule has 0 heterocycles. The summed E-state index contributed by atoms with van der Waals surface area (Å²) >= 11 is 0. The molecule has 5 rings (SSSR count). The van der Waals surface area contributed by atoms with Gasteiger partial charge >= 0.3 is 0 Å². The van der Waals surface area contributed by atoms with Crippen molar-refractivity contribution in [3.63, 3.8) is 0 Å². The maximum Gasteiger partial charge on any atom is -0.0103 e. The highest BCUT2D eigenvalue weighted by Crippen LogP contribution is 2.44. The van der Waals surface area contributed by atoms with Crippen molar-refractivity contribution in [1.29, 1.82) is 0 Å². The van der Waals surface area contributed by atoms with Crippen molar-refractivity contribution in [3.05, 3.63) is 82.9 Å². The van der Waals surface area contributed by atoms with Gasteiger partial charge in [0.1, 0.15) is 0 Å². The summed E-state index contributed by atoms with van der Waals surface area (Å²) in [4.78, 5) is 0. The number of hydrogen-bond donors (Lipinski definition) is 0. The summed E-state index contributed by atoms with van der Waals surface area (Å²) in [6.07, 6.45) is 0. The molecule has 38 heavy (non-hydrogen) atoms. The van der Waals surface area contributed by atoms with E-state index < -0.39 is 0 Å². The maximum absolute atomic E-state index is 2.47. The van der Waals surface area contributed by atoms with Crippen LogP contribution in [-0.2, 0) is 21.7 Å². The lowest BCUT2D eigenvalue weighted by molar-refractivity contribution is 0.531. The van der Waals surface area contributed by atoms with Crippen LogP contribution >= 0.6 is 0 Å². The second-order valence-electron chi connectivity index (χ2n) is 15.7. The first-order valence-corrected chi connectivity index (χ1v) is 14.3. The summed E-state index contributed by atoms with van der Waals surface area (Å²) in [6, 6.07) is 23.9. The fraction of sp³-hybridized carbons (Fsp3) is 0.421. The van der Waals surface area contributed by atoms with Gasteiger partial charge in [0.2, 0.25) is 0 Å². The van der Waals surface area contributed by atoms with Gasteiger partial charge in [0.05, 0.1) is 0 Å². The van der Waals surface area contributed by atoms with Gasteiger partial charge in [0.25, 0.3) is 0 Å². The third kappa shape index (κ3) is 4.51. The summed E-state index contributed by atoms with van der Waals surface area (Å²) in [5, 5.41) is 10.8. The lowest BCUT2D eigenvalue weighted by Gasteiger charge is -2.31. The van der Waals surface area contributed by atoms with Gasteiger partial charge in [-0.1, -0.05) is 113 Å². The second-order valence-corrected chi connectivity index (χ2v) is 15.7. The normalized spacial score (nSPS) is 13.8. The standard InChI is InChI=1S/C38H46/c1-35(2,3)30-15-13-14-23-16-28-19-24-17-26-21-31(36(4,5)6)32(37(7,8)9)22-27(26)18-25(24)20-29(28)34(33(23)30)38(10,11)12/h13-22H,1-12H3. The van der Waals surface area contributed by atoms with Gasteiger partial charge in [-0.2, -0.15) is 0 Å². The molecule has 0 unspecified atom stereocenters. The van der Waals surface area contributed by atoms with Crippen molar-refractivity contribution < 1.29 is 0 Å². The molecular weight excluding hydrogens is 456 g/mol. The largest absolute Gasteiger partial charge is 0.0613 e. The first-order valence-electron chi connectivity index (χ1n) is 14.3. The van der Waals surface area contributed by atoms with Crippen molar-refractivity contribution in [3.8, 4) is 0 Å². The van der Waals surface area contributed by atoms with Crippen LogP contribution in [-0.4, -0.2) is 0 Å². The molecule has 198 valence electrons. The Morgan fingerprint density at radius 3 is 1.26 bits per heavy atom. The highest BCUT2D eigenvalue weighted by Gasteiger charge is 2.27. The quantitative estimate of drug-likeness (QED) is 0.185. The highest BCUT2D eigenvalue weighted by molar-refractivity contribution is 6.11. The topological polar surface area (TPSA) is 0 Å². The van der Waals surface area contributed by atoms with Gasteiger partial charge in [-0.3, -0.25) is 0 Å². The Labute approximate surface area is 230 Å². The molecule has 0 bridgehead atoms. The van der Waals surface area contributed by atoms with E-state index in [1.54, 1.807) is 0 Å². The third-order valence-electron chi connectivity index (χ3n) is 8.20. The molecule has 0 fully saturated rings. The summed E-state index contributed by atoms with van der Waals surface area (Å²) in [7, 11) is 0. The van der Waals surface area contributed by atoms with Crippen molar-refractivity contribution >= 4 is 43.1 Å². The molecule has 5 aromatic rings. The molecule has 0 nitrogen and oxygen atoms in total. The zero-order chi connectivity index (χ0) is 28.0. The van der Waals surface area contributed by atoms with E-state index >= 15 is 0 Å². The fourth-order valence-electron chi connectivity index (χ4n) is 6.37. The van der Waals surface area contributed by atoms with Gasteiger partial charge in [-0.25, -0.2) is 0 Å². The monoisotopic (exact) mass is 502 g/mol. The molecule has 0 aliphatic carbocycles. The molecule has 0 aliphatic heterocycles. The minimum absolute atomic E-state index is 0.0185. The molecular formula is C38H46. The third-order valence-corrected chi connectivity index (χ3v) is 8.20. The number of fused-ring (bicyclic) bond motifs is 4. The van der Waals surface area contributed by atoms with Gasteiger partial charge in [-0.15, -0.1) is 0 Å². The van der Waals surface area contributed by atoms with Crippen LogP contribution in [0.25, 0.3) is 43.1 Å². The lowest BCUT2D eigenvalue weighted by atomic mass is 9.74. The van der Waals surface area contributed by atoms with Gasteiger partial charge in [0.15, 0.2) is 0 Å². The Morgan fingerprint density at radius 1 is 0.368 bits per heavy atom. The van der Waals surface area contributed by atoms with Crippen LogP contribution in [0.5, 0.6) is 0 Å². The van der Waals surface area contributed by atoms with E-state index in [9.17, 15) is 0 Å². The predicted octanol–water partition coefficient (Wildman–Crippen LogP) is 11.5. The van der Waals surface area contributed by atoms with E-state index in [0.29, 0.717) is 0 Å². The molecule has 0 aliphatic rings. The molecule has 0 saturated carbocycles. The van der Waals surface area contributed by atoms with Crippen LogP contribution in [0.1, 0.15) is 105 Å². The Bertz CT molecular complexity index is 1720. The van der Waals surface area contributed by atoms with Gasteiger partial charge in [-0.05, 0) is 117 Å². The summed E-state index contributed by atoms with van der Waals surface area (Å²) in [5.41, 5.74) is 6.10. The van der Waals surface area contributed by atoms with Crippen LogP contribution in [0.2, 0.25) is 0 Å². The Morgan fingerprint density at radius 2 is 0.789 bits per heavy atom. The van der Waals surface area contributed by atoms with Crippen molar-refractivity contribution in [2.24, 2.45) is 0 Å². The smallest absolute Gasteiger partial charge is 0.0103 e. The SMILES string of the molecule is CC(C)(C)c1cc2cc3cc4cc5cccc(C(C)(C)C)c5c(C(C)(C)C)c4cc3cc2cc1C(C)(C)C. The number of benzene rings is 5. The molecule has 0 atom stereocenters. The predicted molar refractivity (Wildman–Crippen MR) is 171 cm³/mol. The van der Waals surface area contributed by atoms with E-state index in [2.05, 4.69) is 144 Å². The van der Waals surface area contributed by atoms with Gasteiger partial charge in [0, 0.05) is 0 Å². The number of rotatable bonds is 0. The van der Waals surface area contributed by atoms with E-state index in [1.807, 2.05) is 0 Å². The number of hydrogen-bond acceptors (Lipinski definition) is 0. The van der Waals surface area contributed by atoms with Crippen molar-refractivity contribution in [2.75, 3.05) is 0 Å². The van der Waals surface area contributed by atoms with Crippen LogP contribution in [0.4, 0.5) is 0 Å². The van der Waals surface area contributed by atoms with Crippen molar-refractivity contribution in [1.82, 2.24) is 0 Å². The zero-order valence-electron chi connectivity index (χ0n) is 25.8. The molecule has 0 radical (unpaired) electrons. The maximum atomic E-state index is 2.47. The van der Waals surface area contributed by atoms with Gasteiger partial charge < -0.3 is 0 Å². The zero-order valence-corrected chi connectivity index (χ0v) is 25.8. The van der Waals surface area contributed by atoms with Crippen LogP contribution in [0.3, 0.4) is 0 Å². The first kappa shape index (κ1) is 26.7. The van der Waals surface area contributed by atoms with E-state index in [-0.39, 0.29) is 21.7 Å². The highest BCUT2D eigenvalue weighted by atomic mass is 14.3. The average Bonchev–Trinajstić information content (AvgIpc) is 2.76. The molecule has 0 N–H and O–H groups in total. The first-order chi connectivity index (χ1) is 17.4. The van der Waals surface area contributed by atoms with E-state index in [0.717, 1.165) is 0 Å². The van der Waals surface area contributed by atoms with E-state index in [1.165, 1.54) is 65.3 Å². The average molecular weight is 503 g/mol. The molecule has 0 saturated heterocycles. The van der Waals surface area contributed by atoms with Crippen LogP contribution in [0, 0.1) is 0 Å². The van der Waals surface area contributed by atoms with Crippen molar-refractivity contribution in [2.45, 2.75) is 105 Å².